The summed E-state index contributed by atoms with van der Waals surface area (Å²) in [6, 6.07) is 15.6. The zero-order valence-electron chi connectivity index (χ0n) is 17.3. The number of aromatic nitrogens is 4. The van der Waals surface area contributed by atoms with Crippen molar-refractivity contribution in [1.29, 1.82) is 0 Å². The van der Waals surface area contributed by atoms with Crippen LogP contribution in [0.3, 0.4) is 0 Å². The third-order valence-corrected chi connectivity index (χ3v) is 5.71. The molecule has 2 aromatic heterocycles. The second-order valence-electron chi connectivity index (χ2n) is 7.25. The molecule has 158 valence electrons. The summed E-state index contributed by atoms with van der Waals surface area (Å²) >= 11 is 3.41. The predicted octanol–water partition coefficient (Wildman–Crippen LogP) is 3.00. The van der Waals surface area contributed by atoms with E-state index in [0.29, 0.717) is 23.7 Å². The maximum atomic E-state index is 13.0. The van der Waals surface area contributed by atoms with Crippen LogP contribution in [0.15, 0.2) is 67.7 Å². The Morgan fingerprint density at radius 1 is 1.06 bits per heavy atom. The van der Waals surface area contributed by atoms with E-state index in [4.69, 9.17) is 0 Å². The number of aryl methyl sites for hydroxylation is 2. The fraction of sp³-hybridized carbons (Fsp3) is 0.182. The molecule has 0 saturated heterocycles. The molecular weight excluding hydrogens is 460 g/mol. The Balaban J connectivity index is 1.83. The Morgan fingerprint density at radius 3 is 2.48 bits per heavy atom. The summed E-state index contributed by atoms with van der Waals surface area (Å²) in [6.07, 6.45) is 1.67. The molecule has 0 aliphatic heterocycles. The van der Waals surface area contributed by atoms with E-state index < -0.39 is 11.2 Å². The molecule has 0 fully saturated rings. The minimum atomic E-state index is -0.428. The van der Waals surface area contributed by atoms with Crippen LogP contribution in [0.5, 0.6) is 0 Å². The minimum Gasteiger partial charge on any atom is -0.298 e. The van der Waals surface area contributed by atoms with Crippen LogP contribution in [0.2, 0.25) is 0 Å². The van der Waals surface area contributed by atoms with Crippen molar-refractivity contribution >= 4 is 39.3 Å². The van der Waals surface area contributed by atoms with Crippen LogP contribution in [-0.4, -0.2) is 24.9 Å². The van der Waals surface area contributed by atoms with Gasteiger partial charge in [-0.15, -0.1) is 0 Å². The molecule has 0 bridgehead atoms. The Bertz CT molecular complexity index is 1410. The summed E-state index contributed by atoms with van der Waals surface area (Å²) in [4.78, 5) is 29.9. The van der Waals surface area contributed by atoms with Crippen LogP contribution in [0.25, 0.3) is 11.2 Å². The maximum absolute atomic E-state index is 13.0. The predicted molar refractivity (Wildman–Crippen MR) is 126 cm³/mol. The molecular formula is C22H21BrN6O2. The van der Waals surface area contributed by atoms with E-state index in [0.717, 1.165) is 25.7 Å². The number of nitrogens with zero attached hydrogens (tertiary/aromatic N) is 5. The average molecular weight is 481 g/mol. The second-order valence-corrected chi connectivity index (χ2v) is 8.16. The molecule has 0 atom stereocenters. The van der Waals surface area contributed by atoms with Gasteiger partial charge in [-0.05, 0) is 35.7 Å². The molecule has 31 heavy (non-hydrogen) atoms. The summed E-state index contributed by atoms with van der Waals surface area (Å²) in [7, 11) is 3.07. The van der Waals surface area contributed by atoms with Crippen molar-refractivity contribution in [2.24, 2.45) is 19.2 Å². The van der Waals surface area contributed by atoms with Gasteiger partial charge < -0.3 is 0 Å². The van der Waals surface area contributed by atoms with Gasteiger partial charge in [-0.3, -0.25) is 18.5 Å². The number of hydrogen-bond donors (Lipinski definition) is 1. The Morgan fingerprint density at radius 2 is 1.77 bits per heavy atom. The van der Waals surface area contributed by atoms with Gasteiger partial charge in [-0.2, -0.15) is 10.1 Å². The number of fused-ring (bicyclic) bond motifs is 1. The van der Waals surface area contributed by atoms with Crippen molar-refractivity contribution in [1.82, 2.24) is 18.7 Å². The van der Waals surface area contributed by atoms with Gasteiger partial charge in [-0.1, -0.05) is 52.3 Å². The molecule has 0 spiro atoms. The summed E-state index contributed by atoms with van der Waals surface area (Å²) < 4.78 is 5.20. The number of rotatable bonds is 5. The number of imidazole rings is 1. The highest BCUT2D eigenvalue weighted by molar-refractivity contribution is 9.10. The molecule has 0 aliphatic carbocycles. The van der Waals surface area contributed by atoms with Crippen LogP contribution < -0.4 is 16.7 Å². The van der Waals surface area contributed by atoms with Crippen molar-refractivity contribution in [2.45, 2.75) is 13.5 Å². The molecule has 0 saturated carbocycles. The molecule has 2 heterocycles. The van der Waals surface area contributed by atoms with Crippen LogP contribution in [0.4, 0.5) is 5.95 Å². The smallest absolute Gasteiger partial charge is 0.298 e. The van der Waals surface area contributed by atoms with E-state index >= 15 is 0 Å². The lowest BCUT2D eigenvalue weighted by Gasteiger charge is -2.11. The Kier molecular flexibility index (Phi) is 5.60. The number of hydrogen-bond acceptors (Lipinski definition) is 5. The lowest BCUT2D eigenvalue weighted by molar-refractivity contribution is 0.702. The first-order valence-corrected chi connectivity index (χ1v) is 10.4. The van der Waals surface area contributed by atoms with Crippen LogP contribution in [0.1, 0.15) is 16.7 Å². The number of nitrogens with one attached hydrogen (secondary N) is 1. The molecule has 1 N–H and O–H groups in total. The zero-order valence-corrected chi connectivity index (χ0v) is 18.9. The zero-order chi connectivity index (χ0) is 22.1. The summed E-state index contributed by atoms with van der Waals surface area (Å²) in [5.41, 5.74) is 5.80. The Labute approximate surface area is 186 Å². The SMILES string of the molecule is Cc1ccccc1Cn1c(N/N=C/c2ccc(Br)cc2)nc2c1c(=O)n(C)c(=O)n2C. The third kappa shape index (κ3) is 3.96. The van der Waals surface area contributed by atoms with Crippen LogP contribution >= 0.6 is 15.9 Å². The number of anilines is 1. The molecule has 0 aliphatic rings. The topological polar surface area (TPSA) is 86.2 Å². The van der Waals surface area contributed by atoms with E-state index in [1.165, 1.54) is 11.6 Å². The van der Waals surface area contributed by atoms with Gasteiger partial charge in [0.1, 0.15) is 0 Å². The molecule has 8 nitrogen and oxygen atoms in total. The van der Waals surface area contributed by atoms with Crippen LogP contribution in [-0.2, 0) is 20.6 Å². The Hall–Kier alpha value is -3.46. The lowest BCUT2D eigenvalue weighted by atomic mass is 10.1. The quantitative estimate of drug-likeness (QED) is 0.351. The van der Waals surface area contributed by atoms with E-state index in [1.807, 2.05) is 55.5 Å². The van der Waals surface area contributed by atoms with Crippen LogP contribution in [0, 0.1) is 6.92 Å². The van der Waals surface area contributed by atoms with Crippen molar-refractivity contribution < 1.29 is 0 Å². The van der Waals surface area contributed by atoms with Gasteiger partial charge in [0.15, 0.2) is 11.2 Å². The number of benzene rings is 2. The monoisotopic (exact) mass is 480 g/mol. The second kappa shape index (κ2) is 8.35. The average Bonchev–Trinajstić information content (AvgIpc) is 3.12. The van der Waals surface area contributed by atoms with Gasteiger partial charge in [0, 0.05) is 18.6 Å². The van der Waals surface area contributed by atoms with Gasteiger partial charge in [-0.25, -0.2) is 10.2 Å². The molecule has 0 radical (unpaired) electrons. The van der Waals surface area contributed by atoms with Gasteiger partial charge in [0.05, 0.1) is 12.8 Å². The molecule has 0 amide bonds. The molecule has 9 heteroatoms. The standard InChI is InChI=1S/C22H21BrN6O2/c1-14-6-4-5-7-16(14)13-29-18-19(27(2)22(31)28(3)20(18)30)25-21(29)26-24-12-15-8-10-17(23)11-9-15/h4-12H,13H2,1-3H3,(H,25,26)/b24-12+. The highest BCUT2D eigenvalue weighted by atomic mass is 79.9. The van der Waals surface area contributed by atoms with Crippen molar-refractivity contribution in [3.8, 4) is 0 Å². The fourth-order valence-electron chi connectivity index (χ4n) is 3.36. The van der Waals surface area contributed by atoms with Crippen molar-refractivity contribution in [2.75, 3.05) is 5.43 Å². The van der Waals surface area contributed by atoms with Crippen molar-refractivity contribution in [3.05, 3.63) is 90.5 Å². The first kappa shape index (κ1) is 20.8. The fourth-order valence-corrected chi connectivity index (χ4v) is 3.62. The summed E-state index contributed by atoms with van der Waals surface area (Å²) in [5.74, 6) is 0.380. The van der Waals surface area contributed by atoms with E-state index in [2.05, 4.69) is 31.4 Å². The normalized spacial score (nSPS) is 11.5. The molecule has 4 aromatic rings. The molecule has 0 unspecified atom stereocenters. The lowest BCUT2D eigenvalue weighted by Crippen LogP contribution is -2.37. The van der Waals surface area contributed by atoms with E-state index in [-0.39, 0.29) is 0 Å². The van der Waals surface area contributed by atoms with Gasteiger partial charge in [0.2, 0.25) is 5.95 Å². The largest absolute Gasteiger partial charge is 0.332 e. The van der Waals surface area contributed by atoms with Crippen molar-refractivity contribution in [3.63, 3.8) is 0 Å². The highest BCUT2D eigenvalue weighted by Gasteiger charge is 2.19. The number of hydrazone groups is 1. The highest BCUT2D eigenvalue weighted by Crippen LogP contribution is 2.19. The maximum Gasteiger partial charge on any atom is 0.332 e. The summed E-state index contributed by atoms with van der Waals surface area (Å²) in [5, 5.41) is 4.30. The number of halogens is 1. The third-order valence-electron chi connectivity index (χ3n) is 5.19. The first-order valence-electron chi connectivity index (χ1n) is 9.62. The molecule has 4 rings (SSSR count). The molecule has 2 aromatic carbocycles. The van der Waals surface area contributed by atoms with E-state index in [9.17, 15) is 9.59 Å². The van der Waals surface area contributed by atoms with Gasteiger partial charge >= 0.3 is 5.69 Å². The minimum absolute atomic E-state index is 0.308. The van der Waals surface area contributed by atoms with E-state index in [1.54, 1.807) is 17.8 Å². The van der Waals surface area contributed by atoms with Gasteiger partial charge in [0.25, 0.3) is 5.56 Å². The summed E-state index contributed by atoms with van der Waals surface area (Å²) in [6.45, 7) is 2.42. The first-order chi connectivity index (χ1) is 14.9.